The number of carbonyl (C=O) groups is 2. The van der Waals surface area contributed by atoms with Crippen LogP contribution in [0, 0.1) is 3.57 Å². The lowest BCUT2D eigenvalue weighted by molar-refractivity contribution is -0.127. The Morgan fingerprint density at radius 3 is 2.44 bits per heavy atom. The molecule has 2 amide bonds. The molecule has 3 rings (SSSR count). The minimum absolute atomic E-state index is 0.145. The molecule has 0 spiro atoms. The Labute approximate surface area is 209 Å². The van der Waals surface area contributed by atoms with E-state index in [-0.39, 0.29) is 17.9 Å². The summed E-state index contributed by atoms with van der Waals surface area (Å²) in [4.78, 5) is 29.2. The SMILES string of the molecule is CC(C)(C)NC(=O)C(c1ccccc1I)N(CC1CCCCN1)C(=O)c1ccc(Cl)cc1. The van der Waals surface area contributed by atoms with Crippen molar-refractivity contribution < 1.29 is 9.59 Å². The molecule has 5 nitrogen and oxygen atoms in total. The molecule has 1 aliphatic rings. The Morgan fingerprint density at radius 2 is 1.84 bits per heavy atom. The molecule has 7 heteroatoms. The van der Waals surface area contributed by atoms with Gasteiger partial charge in [0.15, 0.2) is 0 Å². The molecule has 32 heavy (non-hydrogen) atoms. The molecule has 0 aliphatic carbocycles. The van der Waals surface area contributed by atoms with Gasteiger partial charge in [-0.25, -0.2) is 0 Å². The largest absolute Gasteiger partial charge is 0.349 e. The molecule has 1 heterocycles. The zero-order valence-electron chi connectivity index (χ0n) is 18.8. The second-order valence-corrected chi connectivity index (χ2v) is 10.9. The van der Waals surface area contributed by atoms with Gasteiger partial charge in [0.25, 0.3) is 5.91 Å². The fourth-order valence-corrected chi connectivity index (χ4v) is 4.77. The van der Waals surface area contributed by atoms with E-state index in [4.69, 9.17) is 11.6 Å². The van der Waals surface area contributed by atoms with Gasteiger partial charge >= 0.3 is 0 Å². The summed E-state index contributed by atoms with van der Waals surface area (Å²) in [6.07, 6.45) is 3.22. The number of hydrogen-bond acceptors (Lipinski definition) is 3. The van der Waals surface area contributed by atoms with Crippen molar-refractivity contribution in [3.8, 4) is 0 Å². The quantitative estimate of drug-likeness (QED) is 0.473. The van der Waals surface area contributed by atoms with Crippen LogP contribution in [0.5, 0.6) is 0 Å². The number of benzene rings is 2. The number of amides is 2. The van der Waals surface area contributed by atoms with E-state index in [0.717, 1.165) is 34.9 Å². The highest BCUT2D eigenvalue weighted by atomic mass is 127. The van der Waals surface area contributed by atoms with Gasteiger partial charge in [-0.3, -0.25) is 9.59 Å². The van der Waals surface area contributed by atoms with Gasteiger partial charge in [-0.05, 0) is 98.6 Å². The third kappa shape index (κ3) is 6.68. The van der Waals surface area contributed by atoms with E-state index in [0.29, 0.717) is 17.1 Å². The lowest BCUT2D eigenvalue weighted by atomic mass is 9.98. The summed E-state index contributed by atoms with van der Waals surface area (Å²) in [6.45, 7) is 7.23. The molecule has 2 aromatic carbocycles. The lowest BCUT2D eigenvalue weighted by Crippen LogP contribution is -2.53. The Morgan fingerprint density at radius 1 is 1.16 bits per heavy atom. The van der Waals surface area contributed by atoms with Crippen LogP contribution in [0.3, 0.4) is 0 Å². The molecule has 1 fully saturated rings. The average molecular weight is 568 g/mol. The Bertz CT molecular complexity index is 937. The molecule has 1 aliphatic heterocycles. The van der Waals surface area contributed by atoms with E-state index < -0.39 is 11.6 Å². The summed E-state index contributed by atoms with van der Waals surface area (Å²) in [5.74, 6) is -0.359. The first-order valence-electron chi connectivity index (χ1n) is 11.0. The van der Waals surface area contributed by atoms with Crippen molar-refractivity contribution in [2.24, 2.45) is 0 Å². The number of nitrogens with one attached hydrogen (secondary N) is 2. The van der Waals surface area contributed by atoms with E-state index in [9.17, 15) is 9.59 Å². The summed E-state index contributed by atoms with van der Waals surface area (Å²) in [7, 11) is 0. The highest BCUT2D eigenvalue weighted by molar-refractivity contribution is 14.1. The highest BCUT2D eigenvalue weighted by Gasteiger charge is 2.36. The maximum absolute atomic E-state index is 13.8. The highest BCUT2D eigenvalue weighted by Crippen LogP contribution is 2.29. The van der Waals surface area contributed by atoms with Gasteiger partial charge in [0.2, 0.25) is 5.91 Å². The molecule has 0 bridgehead atoms. The second kappa shape index (κ2) is 11.0. The molecular weight excluding hydrogens is 537 g/mol. The van der Waals surface area contributed by atoms with E-state index in [1.807, 2.05) is 45.0 Å². The van der Waals surface area contributed by atoms with Crippen LogP contribution in [0.4, 0.5) is 0 Å². The predicted molar refractivity (Wildman–Crippen MR) is 138 cm³/mol. The minimum atomic E-state index is -0.741. The molecule has 0 radical (unpaired) electrons. The van der Waals surface area contributed by atoms with E-state index in [1.165, 1.54) is 0 Å². The molecular formula is C25H31ClIN3O2. The van der Waals surface area contributed by atoms with Crippen molar-refractivity contribution in [2.75, 3.05) is 13.1 Å². The third-order valence-electron chi connectivity index (χ3n) is 5.44. The van der Waals surface area contributed by atoms with Crippen LogP contribution in [0.25, 0.3) is 0 Å². The molecule has 2 atom stereocenters. The number of rotatable bonds is 6. The number of hydrogen-bond donors (Lipinski definition) is 2. The van der Waals surface area contributed by atoms with Crippen molar-refractivity contribution >= 4 is 46.0 Å². The minimum Gasteiger partial charge on any atom is -0.349 e. The van der Waals surface area contributed by atoms with Gasteiger partial charge in [0.1, 0.15) is 6.04 Å². The first-order chi connectivity index (χ1) is 15.2. The van der Waals surface area contributed by atoms with Crippen molar-refractivity contribution in [1.29, 1.82) is 0 Å². The second-order valence-electron chi connectivity index (χ2n) is 9.27. The van der Waals surface area contributed by atoms with Crippen molar-refractivity contribution in [2.45, 2.75) is 57.7 Å². The van der Waals surface area contributed by atoms with Gasteiger partial charge < -0.3 is 15.5 Å². The maximum Gasteiger partial charge on any atom is 0.254 e. The summed E-state index contributed by atoms with van der Waals surface area (Å²) in [5, 5.41) is 7.20. The van der Waals surface area contributed by atoms with Crippen molar-refractivity contribution in [1.82, 2.24) is 15.5 Å². The van der Waals surface area contributed by atoms with Crippen LogP contribution < -0.4 is 10.6 Å². The fraction of sp³-hybridized carbons (Fsp3) is 0.440. The molecule has 172 valence electrons. The molecule has 2 aromatic rings. The van der Waals surface area contributed by atoms with Crippen molar-refractivity contribution in [3.63, 3.8) is 0 Å². The lowest BCUT2D eigenvalue weighted by Gasteiger charge is -2.37. The zero-order chi connectivity index (χ0) is 23.3. The third-order valence-corrected chi connectivity index (χ3v) is 6.67. The normalized spacial score (nSPS) is 17.5. The molecule has 1 saturated heterocycles. The Balaban J connectivity index is 2.06. The molecule has 2 N–H and O–H groups in total. The topological polar surface area (TPSA) is 61.4 Å². The average Bonchev–Trinajstić information content (AvgIpc) is 2.74. The van der Waals surface area contributed by atoms with Crippen LogP contribution in [0.2, 0.25) is 5.02 Å². The van der Waals surface area contributed by atoms with Gasteiger partial charge in [-0.2, -0.15) is 0 Å². The Kier molecular flexibility index (Phi) is 8.58. The van der Waals surface area contributed by atoms with E-state index >= 15 is 0 Å². The maximum atomic E-state index is 13.8. The molecule has 0 aromatic heterocycles. The monoisotopic (exact) mass is 567 g/mol. The van der Waals surface area contributed by atoms with Crippen LogP contribution >= 0.6 is 34.2 Å². The van der Waals surface area contributed by atoms with Crippen LogP contribution in [-0.4, -0.2) is 41.4 Å². The summed E-state index contributed by atoms with van der Waals surface area (Å²) in [5.41, 5.74) is 0.922. The van der Waals surface area contributed by atoms with Crippen LogP contribution in [-0.2, 0) is 4.79 Å². The van der Waals surface area contributed by atoms with E-state index in [2.05, 4.69) is 33.2 Å². The summed E-state index contributed by atoms with van der Waals surface area (Å²) < 4.78 is 0.949. The molecule has 0 saturated carbocycles. The molecule has 2 unspecified atom stereocenters. The van der Waals surface area contributed by atoms with Gasteiger partial charge in [-0.15, -0.1) is 0 Å². The Hall–Kier alpha value is -1.64. The zero-order valence-corrected chi connectivity index (χ0v) is 21.7. The van der Waals surface area contributed by atoms with Gasteiger partial charge in [0, 0.05) is 32.3 Å². The number of nitrogens with zero attached hydrogens (tertiary/aromatic N) is 1. The first-order valence-corrected chi connectivity index (χ1v) is 12.5. The van der Waals surface area contributed by atoms with Crippen LogP contribution in [0.1, 0.15) is 62.0 Å². The first kappa shape index (κ1) is 25.0. The van der Waals surface area contributed by atoms with Crippen LogP contribution in [0.15, 0.2) is 48.5 Å². The summed E-state index contributed by atoms with van der Waals surface area (Å²) >= 11 is 8.30. The predicted octanol–water partition coefficient (Wildman–Crippen LogP) is 5.18. The summed E-state index contributed by atoms with van der Waals surface area (Å²) in [6, 6.07) is 14.0. The van der Waals surface area contributed by atoms with Gasteiger partial charge in [0.05, 0.1) is 0 Å². The standard InChI is InChI=1S/C25H31ClIN3O2/c1-25(2,3)29-23(31)22(20-9-4-5-10-21(20)27)30(16-19-8-6-7-15-28-19)24(32)17-11-13-18(26)14-12-17/h4-5,9-14,19,22,28H,6-8,15-16H2,1-3H3,(H,29,31). The fourth-order valence-electron chi connectivity index (χ4n) is 3.97. The van der Waals surface area contributed by atoms with E-state index in [1.54, 1.807) is 29.2 Å². The smallest absolute Gasteiger partial charge is 0.254 e. The van der Waals surface area contributed by atoms with Crippen molar-refractivity contribution in [3.05, 3.63) is 68.3 Å². The van der Waals surface area contributed by atoms with Gasteiger partial charge in [-0.1, -0.05) is 36.2 Å². The number of piperidine rings is 1. The number of carbonyl (C=O) groups excluding carboxylic acids is 2. The number of halogens is 2.